The van der Waals surface area contributed by atoms with Crippen molar-refractivity contribution in [2.45, 2.75) is 40.3 Å². The van der Waals surface area contributed by atoms with Gasteiger partial charge in [0.05, 0.1) is 11.4 Å². The van der Waals surface area contributed by atoms with Crippen molar-refractivity contribution in [2.24, 2.45) is 5.92 Å². The number of hydrogen-bond donors (Lipinski definition) is 1. The van der Waals surface area contributed by atoms with Gasteiger partial charge in [0.25, 0.3) is 0 Å². The number of aromatic nitrogens is 1. The molecule has 0 radical (unpaired) electrons. The van der Waals surface area contributed by atoms with Crippen LogP contribution in [0, 0.1) is 18.7 Å². The topological polar surface area (TPSA) is 24.9 Å². The third kappa shape index (κ3) is 4.37. The molecule has 0 aliphatic rings. The molecule has 0 fully saturated rings. The minimum atomic E-state index is -0.265. The van der Waals surface area contributed by atoms with Crippen LogP contribution in [0.25, 0.3) is 11.3 Å². The summed E-state index contributed by atoms with van der Waals surface area (Å²) in [7, 11) is 0. The number of benzene rings is 1. The van der Waals surface area contributed by atoms with E-state index in [0.29, 0.717) is 24.2 Å². The second-order valence-electron chi connectivity index (χ2n) is 6.06. The van der Waals surface area contributed by atoms with Crippen molar-refractivity contribution in [2.75, 3.05) is 0 Å². The van der Waals surface area contributed by atoms with Crippen LogP contribution >= 0.6 is 15.9 Å². The first kappa shape index (κ1) is 17.1. The van der Waals surface area contributed by atoms with Crippen molar-refractivity contribution in [1.82, 2.24) is 10.3 Å². The Morgan fingerprint density at radius 3 is 2.55 bits per heavy atom. The summed E-state index contributed by atoms with van der Waals surface area (Å²) in [5.74, 6) is 0.234. The lowest BCUT2D eigenvalue weighted by molar-refractivity contribution is 0.418. The lowest BCUT2D eigenvalue weighted by Gasteiger charge is -2.17. The number of pyridine rings is 1. The van der Waals surface area contributed by atoms with Crippen LogP contribution in [-0.2, 0) is 6.54 Å². The molecular weight excluding hydrogens is 343 g/mol. The van der Waals surface area contributed by atoms with Crippen LogP contribution in [0.15, 0.2) is 34.8 Å². The van der Waals surface area contributed by atoms with Crippen LogP contribution in [-0.4, -0.2) is 11.0 Å². The quantitative estimate of drug-likeness (QED) is 0.798. The maximum atomic E-state index is 14.0. The van der Waals surface area contributed by atoms with E-state index in [-0.39, 0.29) is 5.82 Å². The molecule has 1 N–H and O–H groups in total. The molecule has 0 saturated heterocycles. The molecule has 1 aromatic carbocycles. The van der Waals surface area contributed by atoms with E-state index < -0.39 is 0 Å². The molecule has 0 spiro atoms. The maximum Gasteiger partial charge on any atom is 0.146 e. The van der Waals surface area contributed by atoms with Crippen molar-refractivity contribution in [3.63, 3.8) is 0 Å². The number of nitrogens with zero attached hydrogens (tertiary/aromatic N) is 1. The van der Waals surface area contributed by atoms with Crippen LogP contribution in [0.1, 0.15) is 32.0 Å². The smallest absolute Gasteiger partial charge is 0.146 e. The van der Waals surface area contributed by atoms with Crippen molar-refractivity contribution in [1.29, 1.82) is 0 Å². The van der Waals surface area contributed by atoms with Crippen molar-refractivity contribution in [3.8, 4) is 11.3 Å². The molecule has 0 amide bonds. The molecule has 2 rings (SSSR count). The Labute approximate surface area is 140 Å². The number of nitrogens with one attached hydrogen (secondary N) is 1. The summed E-state index contributed by atoms with van der Waals surface area (Å²) in [6.45, 7) is 8.85. The molecule has 0 aliphatic carbocycles. The molecule has 2 nitrogen and oxygen atoms in total. The van der Waals surface area contributed by atoms with Gasteiger partial charge < -0.3 is 5.32 Å². The van der Waals surface area contributed by atoms with E-state index in [1.165, 1.54) is 6.07 Å². The molecule has 2 aromatic rings. The van der Waals surface area contributed by atoms with E-state index in [0.717, 1.165) is 21.3 Å². The van der Waals surface area contributed by atoms with Gasteiger partial charge in [-0.05, 0) is 55.7 Å². The van der Waals surface area contributed by atoms with Crippen LogP contribution in [0.2, 0.25) is 0 Å². The highest BCUT2D eigenvalue weighted by atomic mass is 79.9. The number of aryl methyl sites for hydroxylation is 1. The molecule has 4 heteroatoms. The van der Waals surface area contributed by atoms with Crippen LogP contribution < -0.4 is 5.32 Å². The fourth-order valence-electron chi connectivity index (χ4n) is 2.15. The zero-order valence-electron chi connectivity index (χ0n) is 13.5. The third-order valence-electron chi connectivity index (χ3n) is 3.85. The second-order valence-corrected chi connectivity index (χ2v) is 6.97. The van der Waals surface area contributed by atoms with Gasteiger partial charge in [-0.1, -0.05) is 29.8 Å². The lowest BCUT2D eigenvalue weighted by atomic mass is 10.1. The van der Waals surface area contributed by atoms with E-state index in [1.54, 1.807) is 6.07 Å². The van der Waals surface area contributed by atoms with Crippen LogP contribution in [0.3, 0.4) is 0 Å². The summed E-state index contributed by atoms with van der Waals surface area (Å²) >= 11 is 3.49. The van der Waals surface area contributed by atoms with Crippen molar-refractivity contribution < 1.29 is 4.39 Å². The Hall–Kier alpha value is -1.26. The molecule has 1 heterocycles. The molecule has 1 aromatic heterocycles. The second kappa shape index (κ2) is 7.34. The molecule has 118 valence electrons. The minimum Gasteiger partial charge on any atom is -0.308 e. The van der Waals surface area contributed by atoms with Crippen molar-refractivity contribution >= 4 is 15.9 Å². The SMILES string of the molecule is Cc1cc(Br)cc(-c2ccc(F)c(CN[C@H](C)C(C)C)n2)c1. The molecule has 0 bridgehead atoms. The normalized spacial score (nSPS) is 12.7. The van der Waals surface area contributed by atoms with Gasteiger partial charge in [-0.25, -0.2) is 9.37 Å². The Bertz CT molecular complexity index is 635. The minimum absolute atomic E-state index is 0.265. The Morgan fingerprint density at radius 2 is 1.91 bits per heavy atom. The summed E-state index contributed by atoms with van der Waals surface area (Å²) < 4.78 is 15.0. The number of rotatable bonds is 5. The first-order chi connectivity index (χ1) is 10.4. The molecule has 0 saturated carbocycles. The first-order valence-electron chi connectivity index (χ1n) is 7.53. The highest BCUT2D eigenvalue weighted by molar-refractivity contribution is 9.10. The number of halogens is 2. The van der Waals surface area contributed by atoms with E-state index in [1.807, 2.05) is 19.1 Å². The van der Waals surface area contributed by atoms with E-state index in [4.69, 9.17) is 0 Å². The van der Waals surface area contributed by atoms with Crippen molar-refractivity contribution in [3.05, 3.63) is 51.9 Å². The fraction of sp³-hybridized carbons (Fsp3) is 0.389. The average molecular weight is 365 g/mol. The fourth-order valence-corrected chi connectivity index (χ4v) is 2.75. The molecule has 22 heavy (non-hydrogen) atoms. The largest absolute Gasteiger partial charge is 0.308 e. The van der Waals surface area contributed by atoms with Gasteiger partial charge in [0.15, 0.2) is 0 Å². The van der Waals surface area contributed by atoms with Gasteiger partial charge in [-0.3, -0.25) is 0 Å². The highest BCUT2D eigenvalue weighted by Crippen LogP contribution is 2.24. The van der Waals surface area contributed by atoms with Gasteiger partial charge in [-0.15, -0.1) is 0 Å². The van der Waals surface area contributed by atoms with Gasteiger partial charge in [0.2, 0.25) is 0 Å². The Kier molecular flexibility index (Phi) is 5.70. The molecule has 0 aliphatic heterocycles. The lowest BCUT2D eigenvalue weighted by Crippen LogP contribution is -2.30. The van der Waals surface area contributed by atoms with Gasteiger partial charge in [0, 0.05) is 22.6 Å². The molecule has 0 unspecified atom stereocenters. The van der Waals surface area contributed by atoms with Gasteiger partial charge in [-0.2, -0.15) is 0 Å². The van der Waals surface area contributed by atoms with E-state index in [2.05, 4.69) is 53.1 Å². The zero-order chi connectivity index (χ0) is 16.3. The maximum absolute atomic E-state index is 14.0. The standard InChI is InChI=1S/C18H22BrFN2/c1-11(2)13(4)21-10-18-16(20)5-6-17(22-18)14-7-12(3)8-15(19)9-14/h5-9,11,13,21H,10H2,1-4H3/t13-/m1/s1. The summed E-state index contributed by atoms with van der Waals surface area (Å²) in [6.07, 6.45) is 0. The van der Waals surface area contributed by atoms with Crippen LogP contribution in [0.4, 0.5) is 4.39 Å². The predicted octanol–water partition coefficient (Wildman–Crippen LogP) is 5.09. The summed E-state index contributed by atoms with van der Waals surface area (Å²) in [5.41, 5.74) is 3.39. The van der Waals surface area contributed by atoms with Gasteiger partial charge in [0.1, 0.15) is 5.82 Å². The predicted molar refractivity (Wildman–Crippen MR) is 93.2 cm³/mol. The highest BCUT2D eigenvalue weighted by Gasteiger charge is 2.11. The summed E-state index contributed by atoms with van der Waals surface area (Å²) in [6, 6.07) is 9.64. The van der Waals surface area contributed by atoms with Gasteiger partial charge >= 0.3 is 0 Å². The van der Waals surface area contributed by atoms with E-state index >= 15 is 0 Å². The van der Waals surface area contributed by atoms with Crippen LogP contribution in [0.5, 0.6) is 0 Å². The number of hydrogen-bond acceptors (Lipinski definition) is 2. The average Bonchev–Trinajstić information content (AvgIpc) is 2.44. The first-order valence-corrected chi connectivity index (χ1v) is 8.32. The Balaban J connectivity index is 2.26. The molecular formula is C18H22BrFN2. The third-order valence-corrected chi connectivity index (χ3v) is 4.31. The Morgan fingerprint density at radius 1 is 1.18 bits per heavy atom. The van der Waals surface area contributed by atoms with E-state index in [9.17, 15) is 4.39 Å². The molecule has 1 atom stereocenters. The monoisotopic (exact) mass is 364 g/mol. The zero-order valence-corrected chi connectivity index (χ0v) is 15.0. The summed E-state index contributed by atoms with van der Waals surface area (Å²) in [5, 5.41) is 3.33. The summed E-state index contributed by atoms with van der Waals surface area (Å²) in [4.78, 5) is 4.50.